The molecule has 2 aromatic carbocycles. The number of anilines is 1. The summed E-state index contributed by atoms with van der Waals surface area (Å²) in [7, 11) is 3.24. The molecule has 1 atom stereocenters. The van der Waals surface area contributed by atoms with Crippen molar-refractivity contribution < 1.29 is 19.1 Å². The quantitative estimate of drug-likeness (QED) is 0.763. The minimum atomic E-state index is -0.312. The second-order valence-corrected chi connectivity index (χ2v) is 7.80. The Morgan fingerprint density at radius 2 is 2.07 bits per heavy atom. The van der Waals surface area contributed by atoms with Crippen molar-refractivity contribution in [2.75, 3.05) is 32.6 Å². The molecule has 7 heteroatoms. The zero-order valence-electron chi connectivity index (χ0n) is 16.1. The molecule has 0 spiro atoms. The normalized spacial score (nSPS) is 15.2. The van der Waals surface area contributed by atoms with Crippen molar-refractivity contribution in [2.24, 2.45) is 5.92 Å². The molecular weight excluding hydrogens is 424 g/mol. The second-order valence-electron chi connectivity index (χ2n) is 6.89. The molecular formula is C21H23BrN2O4. The van der Waals surface area contributed by atoms with E-state index in [-0.39, 0.29) is 30.9 Å². The Morgan fingerprint density at radius 1 is 1.29 bits per heavy atom. The highest BCUT2D eigenvalue weighted by Gasteiger charge is 2.29. The van der Waals surface area contributed by atoms with Crippen LogP contribution in [0, 0.1) is 12.8 Å². The fraction of sp³-hybridized carbons (Fsp3) is 0.333. The van der Waals surface area contributed by atoms with Gasteiger partial charge in [0.2, 0.25) is 11.8 Å². The lowest BCUT2D eigenvalue weighted by atomic mass is 9.95. The highest BCUT2D eigenvalue weighted by molar-refractivity contribution is 9.10. The Labute approximate surface area is 172 Å². The van der Waals surface area contributed by atoms with Crippen LogP contribution in [-0.4, -0.2) is 44.0 Å². The monoisotopic (exact) mass is 446 g/mol. The van der Waals surface area contributed by atoms with Gasteiger partial charge in [0.05, 0.1) is 19.6 Å². The number of likely N-dealkylation sites (N-methyl/N-ethyl adjacent to an activating group) is 1. The predicted molar refractivity (Wildman–Crippen MR) is 111 cm³/mol. The van der Waals surface area contributed by atoms with Gasteiger partial charge in [0.15, 0.2) is 0 Å². The fourth-order valence-electron chi connectivity index (χ4n) is 3.20. The van der Waals surface area contributed by atoms with Crippen molar-refractivity contribution in [3.8, 4) is 11.5 Å². The van der Waals surface area contributed by atoms with E-state index in [1.54, 1.807) is 14.2 Å². The van der Waals surface area contributed by atoms with Gasteiger partial charge in [0.25, 0.3) is 0 Å². The van der Waals surface area contributed by atoms with E-state index in [2.05, 4.69) is 21.2 Å². The van der Waals surface area contributed by atoms with Crippen LogP contribution in [0.1, 0.15) is 11.1 Å². The molecule has 0 radical (unpaired) electrons. The minimum absolute atomic E-state index is 0.0136. The van der Waals surface area contributed by atoms with Gasteiger partial charge in [-0.1, -0.05) is 22.0 Å². The van der Waals surface area contributed by atoms with Crippen molar-refractivity contribution in [1.29, 1.82) is 0 Å². The van der Waals surface area contributed by atoms with Gasteiger partial charge >= 0.3 is 0 Å². The summed E-state index contributed by atoms with van der Waals surface area (Å²) in [4.78, 5) is 26.6. The number of carbonyl (C=O) groups is 2. The molecule has 3 rings (SSSR count). The molecule has 0 fully saturated rings. The van der Waals surface area contributed by atoms with Gasteiger partial charge in [0, 0.05) is 23.3 Å². The van der Waals surface area contributed by atoms with Gasteiger partial charge < -0.3 is 19.7 Å². The summed E-state index contributed by atoms with van der Waals surface area (Å²) in [5.74, 6) is 0.815. The number of ether oxygens (including phenoxy) is 2. The van der Waals surface area contributed by atoms with Gasteiger partial charge in [0.1, 0.15) is 18.1 Å². The maximum Gasteiger partial charge on any atom is 0.243 e. The number of fused-ring (bicyclic) bond motifs is 1. The first kappa shape index (κ1) is 20.2. The Kier molecular flexibility index (Phi) is 6.24. The molecule has 0 aliphatic carbocycles. The number of nitrogens with one attached hydrogen (secondary N) is 1. The minimum Gasteiger partial charge on any atom is -0.497 e. The maximum atomic E-state index is 12.8. The van der Waals surface area contributed by atoms with E-state index in [1.165, 1.54) is 4.90 Å². The van der Waals surface area contributed by atoms with Crippen LogP contribution in [0.5, 0.6) is 11.5 Å². The molecule has 1 aliphatic heterocycles. The summed E-state index contributed by atoms with van der Waals surface area (Å²) in [6.07, 6.45) is 0.579. The van der Waals surface area contributed by atoms with E-state index < -0.39 is 0 Å². The molecule has 0 bridgehead atoms. The molecule has 28 heavy (non-hydrogen) atoms. The SMILES string of the molecule is COc1ccc2c(c1)OCC(C(=O)N(C)CC(=O)Nc1ccc(Br)cc1C)C2. The summed E-state index contributed by atoms with van der Waals surface area (Å²) in [5, 5.41) is 2.86. The summed E-state index contributed by atoms with van der Waals surface area (Å²) in [5.41, 5.74) is 2.65. The number of aryl methyl sites for hydroxylation is 1. The fourth-order valence-corrected chi connectivity index (χ4v) is 3.68. The number of amides is 2. The highest BCUT2D eigenvalue weighted by atomic mass is 79.9. The number of hydrogen-bond acceptors (Lipinski definition) is 4. The number of carbonyl (C=O) groups excluding carboxylic acids is 2. The number of benzene rings is 2. The van der Waals surface area contributed by atoms with Crippen LogP contribution in [0.4, 0.5) is 5.69 Å². The molecule has 2 amide bonds. The molecule has 1 unspecified atom stereocenters. The van der Waals surface area contributed by atoms with E-state index in [4.69, 9.17) is 9.47 Å². The topological polar surface area (TPSA) is 67.9 Å². The average Bonchev–Trinajstić information content (AvgIpc) is 2.68. The third-order valence-corrected chi connectivity index (χ3v) is 5.24. The first-order chi connectivity index (χ1) is 13.4. The Morgan fingerprint density at radius 3 is 2.79 bits per heavy atom. The van der Waals surface area contributed by atoms with Crippen LogP contribution in [-0.2, 0) is 16.0 Å². The summed E-state index contributed by atoms with van der Waals surface area (Å²) in [6, 6.07) is 11.2. The third-order valence-electron chi connectivity index (χ3n) is 4.75. The molecule has 1 heterocycles. The molecule has 1 N–H and O–H groups in total. The van der Waals surface area contributed by atoms with Crippen molar-refractivity contribution in [3.05, 3.63) is 52.0 Å². The summed E-state index contributed by atoms with van der Waals surface area (Å²) >= 11 is 3.40. The molecule has 1 aliphatic rings. The lowest BCUT2D eigenvalue weighted by molar-refractivity contribution is -0.138. The van der Waals surface area contributed by atoms with Crippen molar-refractivity contribution in [1.82, 2.24) is 4.90 Å². The molecule has 0 saturated heterocycles. The molecule has 148 valence electrons. The molecule has 0 aromatic heterocycles. The molecule has 0 saturated carbocycles. The van der Waals surface area contributed by atoms with Gasteiger partial charge in [-0.25, -0.2) is 0 Å². The largest absolute Gasteiger partial charge is 0.497 e. The van der Waals surface area contributed by atoms with Gasteiger partial charge in [-0.15, -0.1) is 0 Å². The number of hydrogen-bond donors (Lipinski definition) is 1. The first-order valence-corrected chi connectivity index (χ1v) is 9.77. The summed E-state index contributed by atoms with van der Waals surface area (Å²) in [6.45, 7) is 2.19. The molecule has 2 aromatic rings. The van der Waals surface area contributed by atoms with Gasteiger partial charge in [-0.2, -0.15) is 0 Å². The number of rotatable bonds is 5. The van der Waals surface area contributed by atoms with Crippen LogP contribution >= 0.6 is 15.9 Å². The lowest BCUT2D eigenvalue weighted by Gasteiger charge is -2.28. The maximum absolute atomic E-state index is 12.8. The smallest absolute Gasteiger partial charge is 0.243 e. The van der Waals surface area contributed by atoms with Crippen molar-refractivity contribution in [2.45, 2.75) is 13.3 Å². The van der Waals surface area contributed by atoms with Crippen molar-refractivity contribution >= 4 is 33.4 Å². The Balaban J connectivity index is 1.58. The van der Waals surface area contributed by atoms with Crippen LogP contribution in [0.15, 0.2) is 40.9 Å². The van der Waals surface area contributed by atoms with Crippen molar-refractivity contribution in [3.63, 3.8) is 0 Å². The zero-order chi connectivity index (χ0) is 20.3. The number of methoxy groups -OCH3 is 1. The average molecular weight is 447 g/mol. The molecule has 6 nitrogen and oxygen atoms in total. The van der Waals surface area contributed by atoms with Gasteiger partial charge in [-0.3, -0.25) is 9.59 Å². The predicted octanol–water partition coefficient (Wildman–Crippen LogP) is 3.41. The Bertz CT molecular complexity index is 900. The van der Waals surface area contributed by atoms with E-state index in [0.717, 1.165) is 32.8 Å². The standard InChI is InChI=1S/C21H23BrN2O4/c1-13-8-16(22)5-7-18(13)23-20(25)11-24(2)21(26)15-9-14-4-6-17(27-3)10-19(14)28-12-15/h4-8,10,15H,9,11-12H2,1-3H3,(H,23,25). The Hall–Kier alpha value is -2.54. The second kappa shape index (κ2) is 8.65. The first-order valence-electron chi connectivity index (χ1n) is 8.98. The zero-order valence-corrected chi connectivity index (χ0v) is 17.7. The van der Waals surface area contributed by atoms with Crippen LogP contribution in [0.3, 0.4) is 0 Å². The van der Waals surface area contributed by atoms with E-state index in [9.17, 15) is 9.59 Å². The van der Waals surface area contributed by atoms with E-state index >= 15 is 0 Å². The summed E-state index contributed by atoms with van der Waals surface area (Å²) < 4.78 is 11.9. The lowest BCUT2D eigenvalue weighted by Crippen LogP contribution is -2.42. The number of halogens is 1. The van der Waals surface area contributed by atoms with E-state index in [0.29, 0.717) is 6.42 Å². The number of nitrogens with zero attached hydrogens (tertiary/aromatic N) is 1. The van der Waals surface area contributed by atoms with E-state index in [1.807, 2.05) is 43.3 Å². The third kappa shape index (κ3) is 4.65. The van der Waals surface area contributed by atoms with Gasteiger partial charge in [-0.05, 0) is 48.7 Å². The highest BCUT2D eigenvalue weighted by Crippen LogP contribution is 2.31. The van der Waals surface area contributed by atoms with Crippen LogP contribution in [0.25, 0.3) is 0 Å². The van der Waals surface area contributed by atoms with Crippen LogP contribution in [0.2, 0.25) is 0 Å². The van der Waals surface area contributed by atoms with Crippen LogP contribution < -0.4 is 14.8 Å².